The van der Waals surface area contributed by atoms with Crippen LogP contribution in [0.4, 0.5) is 5.69 Å². The number of carbonyl (C=O) groups excluding carboxylic acids is 2. The van der Waals surface area contributed by atoms with E-state index in [0.717, 1.165) is 12.8 Å². The van der Waals surface area contributed by atoms with E-state index in [0.29, 0.717) is 10.3 Å². The Kier molecular flexibility index (Phi) is 3.34. The van der Waals surface area contributed by atoms with Crippen LogP contribution in [0.2, 0.25) is 0 Å². The third-order valence-electron chi connectivity index (χ3n) is 5.61. The molecule has 1 aromatic rings. The average Bonchev–Trinajstić information content (AvgIpc) is 3.22. The Bertz CT molecular complexity index is 696. The highest BCUT2D eigenvalue weighted by Crippen LogP contribution is 2.72. The van der Waals surface area contributed by atoms with Crippen LogP contribution in [0.1, 0.15) is 12.8 Å². The van der Waals surface area contributed by atoms with Crippen molar-refractivity contribution in [2.24, 2.45) is 29.1 Å². The molecule has 1 amide bonds. The zero-order valence-corrected chi connectivity index (χ0v) is 14.2. The lowest BCUT2D eigenvalue weighted by atomic mass is 9.82. The Balaban J connectivity index is 1.61. The molecule has 0 radical (unpaired) electrons. The zero-order chi connectivity index (χ0) is 16.2. The first kappa shape index (κ1) is 14.9. The zero-order valence-electron chi connectivity index (χ0n) is 12.7. The van der Waals surface area contributed by atoms with Gasteiger partial charge in [0.2, 0.25) is 5.91 Å². The third-order valence-corrected chi connectivity index (χ3v) is 6.08. The molecule has 5 nitrogen and oxygen atoms in total. The molecule has 0 aromatic carbocycles. The van der Waals surface area contributed by atoms with Gasteiger partial charge in [-0.1, -0.05) is 12.2 Å². The quantitative estimate of drug-likeness (QED) is 0.500. The van der Waals surface area contributed by atoms with Gasteiger partial charge in [0.05, 0.1) is 30.8 Å². The topological polar surface area (TPSA) is 68.3 Å². The third kappa shape index (κ3) is 2.15. The molecule has 23 heavy (non-hydrogen) atoms. The van der Waals surface area contributed by atoms with Crippen LogP contribution < -0.4 is 5.32 Å². The molecule has 3 aliphatic rings. The number of halogens is 1. The highest BCUT2D eigenvalue weighted by atomic mass is 79.9. The van der Waals surface area contributed by atoms with Gasteiger partial charge in [-0.25, -0.2) is 4.98 Å². The lowest BCUT2D eigenvalue weighted by molar-refractivity contribution is -0.150. The Hall–Kier alpha value is -1.69. The smallest absolute Gasteiger partial charge is 0.310 e. The van der Waals surface area contributed by atoms with E-state index < -0.39 is 0 Å². The summed E-state index contributed by atoms with van der Waals surface area (Å²) in [6, 6.07) is 3.56. The number of pyridine rings is 1. The molecule has 0 saturated heterocycles. The number of aromatic nitrogens is 1. The minimum atomic E-state index is -0.374. The van der Waals surface area contributed by atoms with Crippen LogP contribution in [-0.4, -0.2) is 24.0 Å². The van der Waals surface area contributed by atoms with Gasteiger partial charge in [0.25, 0.3) is 0 Å². The van der Waals surface area contributed by atoms with Crippen molar-refractivity contribution < 1.29 is 14.3 Å². The molecule has 1 unspecified atom stereocenters. The molecular weight excluding hydrogens is 360 g/mol. The molecule has 3 aliphatic carbocycles. The van der Waals surface area contributed by atoms with Crippen LogP contribution in [-0.2, 0) is 14.3 Å². The van der Waals surface area contributed by atoms with Crippen molar-refractivity contribution in [2.45, 2.75) is 12.8 Å². The lowest BCUT2D eigenvalue weighted by Crippen LogP contribution is -2.37. The SMILES string of the molecule is COC(=O)[C@H]1C(C(=O)Nc2ccc(Br)nc2)[C@@H]2C=C[C@H]1C21CC1. The highest BCUT2D eigenvalue weighted by molar-refractivity contribution is 9.10. The van der Waals surface area contributed by atoms with Gasteiger partial charge in [-0.2, -0.15) is 0 Å². The van der Waals surface area contributed by atoms with Crippen molar-refractivity contribution >= 4 is 33.5 Å². The number of hydrogen-bond donors (Lipinski definition) is 1. The van der Waals surface area contributed by atoms with Crippen molar-refractivity contribution in [3.63, 3.8) is 0 Å². The number of ether oxygens (including phenoxy) is 1. The van der Waals surface area contributed by atoms with Crippen molar-refractivity contribution in [1.29, 1.82) is 0 Å². The minimum Gasteiger partial charge on any atom is -0.469 e. The number of allylic oxidation sites excluding steroid dienone is 2. The summed E-state index contributed by atoms with van der Waals surface area (Å²) in [6.07, 6.45) is 8.02. The molecule has 4 atom stereocenters. The maximum atomic E-state index is 12.8. The Morgan fingerprint density at radius 2 is 1.96 bits per heavy atom. The van der Waals surface area contributed by atoms with Gasteiger partial charge in [-0.05, 0) is 58.2 Å². The molecule has 120 valence electrons. The molecule has 6 heteroatoms. The number of esters is 1. The Labute approximate surface area is 142 Å². The van der Waals surface area contributed by atoms with Gasteiger partial charge in [0, 0.05) is 0 Å². The van der Waals surface area contributed by atoms with Gasteiger partial charge >= 0.3 is 5.97 Å². The normalized spacial score (nSPS) is 32.1. The second kappa shape index (κ2) is 5.16. The predicted octanol–water partition coefficient (Wildman–Crippen LogP) is 2.78. The van der Waals surface area contributed by atoms with E-state index in [-0.39, 0.29) is 41.0 Å². The Morgan fingerprint density at radius 1 is 1.26 bits per heavy atom. The summed E-state index contributed by atoms with van der Waals surface area (Å²) in [4.78, 5) is 29.2. The standard InChI is InChI=1S/C17H17BrN2O3/c1-23-16(22)14-11-4-3-10(17(11)6-7-17)13(14)15(21)20-9-2-5-12(18)19-8-9/h2-5,8,10-11,13-14H,6-7H2,1H3,(H,20,21)/t10-,11+,13?,14+/m0/s1. The lowest BCUT2D eigenvalue weighted by Gasteiger charge is -2.24. The van der Waals surface area contributed by atoms with Gasteiger partial charge in [0.1, 0.15) is 4.60 Å². The molecule has 1 aromatic heterocycles. The molecule has 0 aliphatic heterocycles. The van der Waals surface area contributed by atoms with E-state index in [4.69, 9.17) is 4.74 Å². The fourth-order valence-corrected chi connectivity index (χ4v) is 4.72. The summed E-state index contributed by atoms with van der Waals surface area (Å²) in [5.41, 5.74) is 0.761. The number of methoxy groups -OCH3 is 1. The summed E-state index contributed by atoms with van der Waals surface area (Å²) in [5, 5.41) is 2.91. The van der Waals surface area contributed by atoms with Crippen LogP contribution >= 0.6 is 15.9 Å². The largest absolute Gasteiger partial charge is 0.469 e. The molecule has 4 rings (SSSR count). The fraction of sp³-hybridized carbons (Fsp3) is 0.471. The van der Waals surface area contributed by atoms with E-state index in [1.165, 1.54) is 7.11 Å². The van der Waals surface area contributed by atoms with Crippen molar-refractivity contribution in [3.05, 3.63) is 35.1 Å². The maximum absolute atomic E-state index is 12.8. The van der Waals surface area contributed by atoms with Crippen molar-refractivity contribution in [3.8, 4) is 0 Å². The summed E-state index contributed by atoms with van der Waals surface area (Å²) < 4.78 is 5.69. The van der Waals surface area contributed by atoms with E-state index in [9.17, 15) is 9.59 Å². The van der Waals surface area contributed by atoms with Crippen LogP contribution in [0.3, 0.4) is 0 Å². The average molecular weight is 377 g/mol. The summed E-state index contributed by atoms with van der Waals surface area (Å²) in [7, 11) is 1.39. The number of hydrogen-bond acceptors (Lipinski definition) is 4. The summed E-state index contributed by atoms with van der Waals surface area (Å²) in [5.74, 6) is -0.849. The fourth-order valence-electron chi connectivity index (χ4n) is 4.49. The number of nitrogens with zero attached hydrogens (tertiary/aromatic N) is 1. The number of anilines is 1. The van der Waals surface area contributed by atoms with Crippen LogP contribution in [0.25, 0.3) is 0 Å². The molecule has 1 N–H and O–H groups in total. The van der Waals surface area contributed by atoms with E-state index in [2.05, 4.69) is 38.4 Å². The minimum absolute atomic E-state index is 0.118. The van der Waals surface area contributed by atoms with Crippen molar-refractivity contribution in [1.82, 2.24) is 4.98 Å². The summed E-state index contributed by atoms with van der Waals surface area (Å²) >= 11 is 3.27. The van der Waals surface area contributed by atoms with Gasteiger partial charge in [-0.3, -0.25) is 9.59 Å². The summed E-state index contributed by atoms with van der Waals surface area (Å²) in [6.45, 7) is 0. The number of amides is 1. The van der Waals surface area contributed by atoms with E-state index >= 15 is 0 Å². The maximum Gasteiger partial charge on any atom is 0.310 e. The first-order valence-corrected chi connectivity index (χ1v) is 8.55. The van der Waals surface area contributed by atoms with Gasteiger partial charge in [-0.15, -0.1) is 0 Å². The van der Waals surface area contributed by atoms with Crippen molar-refractivity contribution in [2.75, 3.05) is 12.4 Å². The predicted molar refractivity (Wildman–Crippen MR) is 87.3 cm³/mol. The monoisotopic (exact) mass is 376 g/mol. The number of carbonyl (C=O) groups is 2. The second-order valence-corrected chi connectivity index (χ2v) is 7.42. The molecule has 2 bridgehead atoms. The molecule has 2 fully saturated rings. The highest BCUT2D eigenvalue weighted by Gasteiger charge is 2.70. The first-order valence-electron chi connectivity index (χ1n) is 7.75. The molecular formula is C17H17BrN2O3. The van der Waals surface area contributed by atoms with Crippen LogP contribution in [0, 0.1) is 29.1 Å². The number of nitrogens with one attached hydrogen (secondary N) is 1. The van der Waals surface area contributed by atoms with Gasteiger partial charge in [0.15, 0.2) is 0 Å². The van der Waals surface area contributed by atoms with Gasteiger partial charge < -0.3 is 10.1 Å². The van der Waals surface area contributed by atoms with E-state index in [1.807, 2.05) is 0 Å². The second-order valence-electron chi connectivity index (χ2n) is 6.60. The van der Waals surface area contributed by atoms with Crippen LogP contribution in [0.5, 0.6) is 0 Å². The Morgan fingerprint density at radius 3 is 2.52 bits per heavy atom. The molecule has 1 spiro atoms. The molecule has 2 saturated carbocycles. The van der Waals surface area contributed by atoms with Crippen LogP contribution in [0.15, 0.2) is 35.1 Å². The van der Waals surface area contributed by atoms with E-state index in [1.54, 1.807) is 18.3 Å². The number of rotatable bonds is 3. The molecule has 1 heterocycles. The first-order chi connectivity index (χ1) is 11.1.